The van der Waals surface area contributed by atoms with E-state index in [9.17, 15) is 0 Å². The topological polar surface area (TPSA) is 59.5 Å². The third-order valence-electron chi connectivity index (χ3n) is 3.80. The van der Waals surface area contributed by atoms with Crippen molar-refractivity contribution in [1.82, 2.24) is 9.97 Å². The molecule has 2 atom stereocenters. The molecular formula is C13H19ClN4O2. The highest BCUT2D eigenvalue weighted by Gasteiger charge is 2.32. The van der Waals surface area contributed by atoms with Crippen LogP contribution in [0.4, 0.5) is 11.5 Å². The van der Waals surface area contributed by atoms with Crippen LogP contribution in [0.1, 0.15) is 12.8 Å². The second kappa shape index (κ2) is 6.11. The molecule has 0 radical (unpaired) electrons. The van der Waals surface area contributed by atoms with Gasteiger partial charge in [0.25, 0.3) is 0 Å². The summed E-state index contributed by atoms with van der Waals surface area (Å²) in [5.74, 6) is 0.832. The molecule has 0 spiro atoms. The van der Waals surface area contributed by atoms with E-state index in [4.69, 9.17) is 21.1 Å². The molecule has 2 fully saturated rings. The molecule has 0 aliphatic carbocycles. The molecule has 2 aliphatic rings. The molecule has 3 rings (SSSR count). The van der Waals surface area contributed by atoms with Crippen LogP contribution in [0, 0.1) is 0 Å². The molecule has 7 heteroatoms. The largest absolute Gasteiger partial charge is 0.383 e. The Hall–Kier alpha value is -1.11. The summed E-state index contributed by atoms with van der Waals surface area (Å²) in [6.07, 6.45) is 3.99. The minimum absolute atomic E-state index is 0.102. The van der Waals surface area contributed by atoms with E-state index in [0.717, 1.165) is 44.0 Å². The maximum atomic E-state index is 6.12. The molecule has 0 aromatic carbocycles. The molecule has 0 unspecified atom stereocenters. The number of nitrogens with one attached hydrogen (secondary N) is 1. The van der Waals surface area contributed by atoms with Crippen LogP contribution in [-0.4, -0.2) is 55.5 Å². The van der Waals surface area contributed by atoms with Gasteiger partial charge in [-0.15, -0.1) is 0 Å². The molecule has 3 heterocycles. The van der Waals surface area contributed by atoms with E-state index in [1.54, 1.807) is 0 Å². The Balaban J connectivity index is 1.78. The Kier molecular flexibility index (Phi) is 4.24. The zero-order valence-corrected chi connectivity index (χ0v) is 12.3. The molecule has 0 bridgehead atoms. The number of halogens is 1. The van der Waals surface area contributed by atoms with Crippen LogP contribution < -0.4 is 10.2 Å². The lowest BCUT2D eigenvalue weighted by atomic mass is 10.1. The maximum absolute atomic E-state index is 6.12. The molecule has 0 saturated carbocycles. The summed E-state index contributed by atoms with van der Waals surface area (Å²) in [6, 6.07) is 0. The molecule has 1 aromatic rings. The molecule has 0 amide bonds. The van der Waals surface area contributed by atoms with E-state index >= 15 is 0 Å². The van der Waals surface area contributed by atoms with Crippen LogP contribution in [0.2, 0.25) is 5.15 Å². The molecule has 6 nitrogen and oxygen atoms in total. The minimum atomic E-state index is 0.102. The first-order chi connectivity index (χ1) is 9.79. The number of nitrogens with zero attached hydrogens (tertiary/aromatic N) is 3. The zero-order chi connectivity index (χ0) is 13.9. The number of hydrogen-bond donors (Lipinski definition) is 1. The fraction of sp³-hybridized carbons (Fsp3) is 0.692. The highest BCUT2D eigenvalue weighted by atomic mass is 35.5. The smallest absolute Gasteiger partial charge is 0.157 e. The zero-order valence-electron chi connectivity index (χ0n) is 11.5. The van der Waals surface area contributed by atoms with E-state index in [2.05, 4.69) is 20.2 Å². The Morgan fingerprint density at radius 3 is 2.90 bits per heavy atom. The fourth-order valence-corrected chi connectivity index (χ4v) is 3.02. The average Bonchev–Trinajstić information content (AvgIpc) is 3.01. The van der Waals surface area contributed by atoms with Gasteiger partial charge in [-0.2, -0.15) is 0 Å². The standard InChI is InChI=1S/C13H19ClN4O2/c1-15-11-12(14)16-8-17-13(11)18-4-6-20-10(7-18)9-3-2-5-19-9/h8-10,15H,2-7H2,1H3/t9-,10+/m0/s1. The molecule has 1 N–H and O–H groups in total. The number of morpholine rings is 1. The second-order valence-corrected chi connectivity index (χ2v) is 5.38. The number of ether oxygens (including phenoxy) is 2. The molecule has 20 heavy (non-hydrogen) atoms. The lowest BCUT2D eigenvalue weighted by molar-refractivity contribution is -0.0544. The monoisotopic (exact) mass is 298 g/mol. The Labute approximate surface area is 123 Å². The summed E-state index contributed by atoms with van der Waals surface area (Å²) in [5, 5.41) is 3.52. The van der Waals surface area contributed by atoms with Gasteiger partial charge in [-0.3, -0.25) is 0 Å². The molecule has 2 aliphatic heterocycles. The first-order valence-electron chi connectivity index (χ1n) is 6.96. The van der Waals surface area contributed by atoms with Crippen LogP contribution in [0.15, 0.2) is 6.33 Å². The van der Waals surface area contributed by atoms with Crippen molar-refractivity contribution in [2.24, 2.45) is 0 Å². The Morgan fingerprint density at radius 1 is 1.30 bits per heavy atom. The summed E-state index contributed by atoms with van der Waals surface area (Å²) in [5.41, 5.74) is 0.766. The maximum Gasteiger partial charge on any atom is 0.157 e. The summed E-state index contributed by atoms with van der Waals surface area (Å²) >= 11 is 6.12. The SMILES string of the molecule is CNc1c(Cl)ncnc1N1CCO[C@@H]([C@@H]2CCCO2)C1. The van der Waals surface area contributed by atoms with Gasteiger partial charge in [-0.25, -0.2) is 9.97 Å². The lowest BCUT2D eigenvalue weighted by Gasteiger charge is -2.36. The first-order valence-corrected chi connectivity index (χ1v) is 7.34. The number of anilines is 2. The van der Waals surface area contributed by atoms with Crippen molar-refractivity contribution in [3.63, 3.8) is 0 Å². The van der Waals surface area contributed by atoms with Crippen molar-refractivity contribution >= 4 is 23.1 Å². The normalized spacial score (nSPS) is 26.8. The van der Waals surface area contributed by atoms with Crippen LogP contribution in [0.5, 0.6) is 0 Å². The van der Waals surface area contributed by atoms with Crippen molar-refractivity contribution < 1.29 is 9.47 Å². The third kappa shape index (κ3) is 2.68. The summed E-state index contributed by atoms with van der Waals surface area (Å²) in [6.45, 7) is 3.08. The van der Waals surface area contributed by atoms with Crippen LogP contribution in [-0.2, 0) is 9.47 Å². The first kappa shape index (κ1) is 13.9. The van der Waals surface area contributed by atoms with Crippen molar-refractivity contribution in [1.29, 1.82) is 0 Å². The summed E-state index contributed by atoms with van der Waals surface area (Å²) in [7, 11) is 1.83. The second-order valence-electron chi connectivity index (χ2n) is 5.02. The quantitative estimate of drug-likeness (QED) is 0.855. The van der Waals surface area contributed by atoms with Gasteiger partial charge < -0.3 is 19.7 Å². The average molecular weight is 299 g/mol. The van der Waals surface area contributed by atoms with E-state index in [0.29, 0.717) is 11.8 Å². The Morgan fingerprint density at radius 2 is 2.15 bits per heavy atom. The highest BCUT2D eigenvalue weighted by Crippen LogP contribution is 2.31. The van der Waals surface area contributed by atoms with Crippen LogP contribution in [0.25, 0.3) is 0 Å². The van der Waals surface area contributed by atoms with Crippen molar-refractivity contribution in [2.75, 3.05) is 43.6 Å². The minimum Gasteiger partial charge on any atom is -0.383 e. The van der Waals surface area contributed by atoms with Gasteiger partial charge in [-0.05, 0) is 12.8 Å². The van der Waals surface area contributed by atoms with Gasteiger partial charge >= 0.3 is 0 Å². The number of hydrogen-bond acceptors (Lipinski definition) is 6. The molecular weight excluding hydrogens is 280 g/mol. The van der Waals surface area contributed by atoms with E-state index in [-0.39, 0.29) is 12.2 Å². The van der Waals surface area contributed by atoms with Gasteiger partial charge in [0.1, 0.15) is 18.1 Å². The van der Waals surface area contributed by atoms with Gasteiger partial charge in [0.15, 0.2) is 11.0 Å². The predicted octanol–water partition coefficient (Wildman–Crippen LogP) is 1.56. The number of rotatable bonds is 3. The number of aromatic nitrogens is 2. The summed E-state index contributed by atoms with van der Waals surface area (Å²) < 4.78 is 11.6. The van der Waals surface area contributed by atoms with Gasteiger partial charge in [0.05, 0.1) is 12.7 Å². The fourth-order valence-electron chi connectivity index (χ4n) is 2.80. The van der Waals surface area contributed by atoms with Gasteiger partial charge in [-0.1, -0.05) is 11.6 Å². The highest BCUT2D eigenvalue weighted by molar-refractivity contribution is 6.32. The van der Waals surface area contributed by atoms with E-state index < -0.39 is 0 Å². The summed E-state index contributed by atoms with van der Waals surface area (Å²) in [4.78, 5) is 10.6. The van der Waals surface area contributed by atoms with Crippen molar-refractivity contribution in [3.8, 4) is 0 Å². The van der Waals surface area contributed by atoms with Gasteiger partial charge in [0.2, 0.25) is 0 Å². The molecule has 110 valence electrons. The van der Waals surface area contributed by atoms with Crippen LogP contribution in [0.3, 0.4) is 0 Å². The lowest BCUT2D eigenvalue weighted by Crippen LogP contribution is -2.48. The predicted molar refractivity (Wildman–Crippen MR) is 77.5 cm³/mol. The third-order valence-corrected chi connectivity index (χ3v) is 4.09. The van der Waals surface area contributed by atoms with Crippen LogP contribution >= 0.6 is 11.6 Å². The Bertz CT molecular complexity index is 468. The van der Waals surface area contributed by atoms with Crippen molar-refractivity contribution in [3.05, 3.63) is 11.5 Å². The van der Waals surface area contributed by atoms with E-state index in [1.165, 1.54) is 6.33 Å². The van der Waals surface area contributed by atoms with Crippen molar-refractivity contribution in [2.45, 2.75) is 25.0 Å². The van der Waals surface area contributed by atoms with E-state index in [1.807, 2.05) is 7.05 Å². The molecule has 2 saturated heterocycles. The van der Waals surface area contributed by atoms with Gasteiger partial charge in [0, 0.05) is 26.7 Å². The molecule has 1 aromatic heterocycles.